The van der Waals surface area contributed by atoms with E-state index in [0.29, 0.717) is 0 Å². The summed E-state index contributed by atoms with van der Waals surface area (Å²) >= 11 is 0. The van der Waals surface area contributed by atoms with Gasteiger partial charge in [0.1, 0.15) is 0 Å². The van der Waals surface area contributed by atoms with Crippen molar-refractivity contribution in [2.75, 3.05) is 6.61 Å². The van der Waals surface area contributed by atoms with Gasteiger partial charge in [0.15, 0.2) is 0 Å². The lowest BCUT2D eigenvalue weighted by Crippen LogP contribution is -2.31. The Kier molecular flexibility index (Phi) is 6.95. The molecule has 0 amide bonds. The highest BCUT2D eigenvalue weighted by atomic mass is 35.5. The highest BCUT2D eigenvalue weighted by molar-refractivity contribution is 5.85. The molecule has 3 nitrogen and oxygen atoms in total. The normalized spacial score (nSPS) is 14.1. The van der Waals surface area contributed by atoms with Gasteiger partial charge in [0.25, 0.3) is 0 Å². The van der Waals surface area contributed by atoms with Gasteiger partial charge in [-0.3, -0.25) is 0 Å². The highest BCUT2D eigenvalue weighted by Gasteiger charge is 2.33. The molecule has 0 saturated heterocycles. The van der Waals surface area contributed by atoms with Gasteiger partial charge < -0.3 is 10.5 Å². The van der Waals surface area contributed by atoms with Crippen LogP contribution < -0.4 is 5.73 Å². The third-order valence-electron chi connectivity index (χ3n) is 2.43. The van der Waals surface area contributed by atoms with Crippen LogP contribution in [0, 0.1) is 0 Å². The van der Waals surface area contributed by atoms with Crippen LogP contribution in [0.2, 0.25) is 0 Å². The fourth-order valence-electron chi connectivity index (χ4n) is 1.46. The topological polar surface area (TPSA) is 52.3 Å². The zero-order valence-electron chi connectivity index (χ0n) is 10.5. The molecule has 0 aliphatic carbocycles. The van der Waals surface area contributed by atoms with E-state index in [0.717, 1.165) is 18.2 Å². The summed E-state index contributed by atoms with van der Waals surface area (Å²) in [5, 5.41) is 0. The number of benzene rings is 1. The molecule has 0 fully saturated rings. The molecule has 1 aromatic rings. The number of carbonyl (C=O) groups excluding carboxylic acids is 1. The molecular weight excluding hydrogens is 302 g/mol. The van der Waals surface area contributed by atoms with E-state index in [1.807, 2.05) is 0 Å². The van der Waals surface area contributed by atoms with Gasteiger partial charge in [0.2, 0.25) is 6.17 Å². The molecule has 0 heterocycles. The van der Waals surface area contributed by atoms with Crippen LogP contribution in [0.25, 0.3) is 0 Å². The first kappa shape index (κ1) is 18.7. The summed E-state index contributed by atoms with van der Waals surface area (Å²) in [5.41, 5.74) is 4.38. The monoisotopic (exact) mass is 315 g/mol. The molecule has 20 heavy (non-hydrogen) atoms. The van der Waals surface area contributed by atoms with Crippen LogP contribution >= 0.6 is 12.4 Å². The van der Waals surface area contributed by atoms with E-state index in [1.165, 1.54) is 13.0 Å². The maximum absolute atomic E-state index is 13.6. The second-order valence-corrected chi connectivity index (χ2v) is 3.80. The number of carbonyl (C=O) groups is 1. The molecule has 0 spiro atoms. The Morgan fingerprint density at radius 1 is 1.40 bits per heavy atom. The molecule has 1 aromatic carbocycles. The fourth-order valence-corrected chi connectivity index (χ4v) is 1.46. The third-order valence-corrected chi connectivity index (χ3v) is 2.43. The van der Waals surface area contributed by atoms with Crippen LogP contribution in [0.15, 0.2) is 24.3 Å². The van der Waals surface area contributed by atoms with Gasteiger partial charge >= 0.3 is 12.1 Å². The van der Waals surface area contributed by atoms with Crippen molar-refractivity contribution < 1.29 is 27.1 Å². The summed E-state index contributed by atoms with van der Waals surface area (Å²) in [6.45, 7) is 1.45. The van der Waals surface area contributed by atoms with Crippen molar-refractivity contribution in [2.24, 2.45) is 5.73 Å². The van der Waals surface area contributed by atoms with Crippen molar-refractivity contribution in [3.05, 3.63) is 35.4 Å². The van der Waals surface area contributed by atoms with Crippen LogP contribution in [-0.2, 0) is 15.7 Å². The molecule has 1 unspecified atom stereocenters. The zero-order valence-corrected chi connectivity index (χ0v) is 11.3. The van der Waals surface area contributed by atoms with Crippen molar-refractivity contribution >= 4 is 18.4 Å². The number of rotatable bonds is 4. The maximum Gasteiger partial charge on any atom is 0.416 e. The Hall–Kier alpha value is -1.34. The molecule has 1 rings (SSSR count). The van der Waals surface area contributed by atoms with Gasteiger partial charge in [-0.15, -0.1) is 12.4 Å². The lowest BCUT2D eigenvalue weighted by molar-refractivity contribution is -0.149. The van der Waals surface area contributed by atoms with Crippen molar-refractivity contribution in [3.8, 4) is 0 Å². The minimum absolute atomic E-state index is 0. The molecule has 0 aliphatic rings. The summed E-state index contributed by atoms with van der Waals surface area (Å²) in [4.78, 5) is 11.1. The van der Waals surface area contributed by atoms with Gasteiger partial charge in [-0.25, -0.2) is 9.18 Å². The van der Waals surface area contributed by atoms with Crippen LogP contribution in [-0.4, -0.2) is 18.7 Å². The second-order valence-electron chi connectivity index (χ2n) is 3.80. The first-order valence-electron chi connectivity index (χ1n) is 5.50. The van der Waals surface area contributed by atoms with Crippen molar-refractivity contribution in [1.29, 1.82) is 0 Å². The summed E-state index contributed by atoms with van der Waals surface area (Å²) in [7, 11) is 0. The van der Waals surface area contributed by atoms with Gasteiger partial charge in [0, 0.05) is 0 Å². The molecule has 0 bridgehead atoms. The van der Waals surface area contributed by atoms with E-state index in [4.69, 9.17) is 5.73 Å². The predicted molar refractivity (Wildman–Crippen MR) is 67.1 cm³/mol. The Morgan fingerprint density at radius 2 is 2.00 bits per heavy atom. The Bertz CT molecular complexity index is 453. The number of hydrogen-bond acceptors (Lipinski definition) is 3. The molecular formula is C12H14ClF4NO2. The van der Waals surface area contributed by atoms with Crippen LogP contribution in [0.1, 0.15) is 24.1 Å². The lowest BCUT2D eigenvalue weighted by Gasteiger charge is -2.17. The van der Waals surface area contributed by atoms with Gasteiger partial charge in [0.05, 0.1) is 18.2 Å². The largest absolute Gasteiger partial charge is 0.464 e. The van der Waals surface area contributed by atoms with Crippen LogP contribution in [0.3, 0.4) is 0 Å². The average Bonchev–Trinajstić information content (AvgIpc) is 2.36. The minimum atomic E-state index is -4.55. The predicted octanol–water partition coefficient (Wildman–Crippen LogP) is 3.03. The van der Waals surface area contributed by atoms with Crippen molar-refractivity contribution in [3.63, 3.8) is 0 Å². The number of esters is 1. The average molecular weight is 316 g/mol. The standard InChI is InChI=1S/C12H13F4NO2.ClH/c1-2-19-11(18)9(13)10(17)7-4-3-5-8(6-7)12(14,15)16;/h3-6,9-10H,2,17H2,1H3;1H/t9?,10-;/m1./s1. The second kappa shape index (κ2) is 7.44. The van der Waals surface area contributed by atoms with E-state index in [2.05, 4.69) is 4.74 Å². The maximum atomic E-state index is 13.6. The molecule has 8 heteroatoms. The number of halogens is 5. The van der Waals surface area contributed by atoms with E-state index in [1.54, 1.807) is 0 Å². The zero-order chi connectivity index (χ0) is 14.6. The van der Waals surface area contributed by atoms with Crippen LogP contribution in [0.4, 0.5) is 17.6 Å². The molecule has 2 atom stereocenters. The fraction of sp³-hybridized carbons (Fsp3) is 0.417. The molecule has 0 radical (unpaired) electrons. The summed E-state index contributed by atoms with van der Waals surface area (Å²) in [5.74, 6) is -1.19. The summed E-state index contributed by atoms with van der Waals surface area (Å²) < 4.78 is 55.5. The minimum Gasteiger partial charge on any atom is -0.464 e. The quantitative estimate of drug-likeness (QED) is 0.686. The third kappa shape index (κ3) is 4.64. The SMILES string of the molecule is CCOC(=O)C(F)[C@H](N)c1cccc(C(F)(F)F)c1.Cl. The van der Waals surface area contributed by atoms with Crippen molar-refractivity contribution in [1.82, 2.24) is 0 Å². The van der Waals surface area contributed by atoms with E-state index in [9.17, 15) is 22.4 Å². The first-order chi connectivity index (χ1) is 8.77. The van der Waals surface area contributed by atoms with E-state index >= 15 is 0 Å². The van der Waals surface area contributed by atoms with Crippen LogP contribution in [0.5, 0.6) is 0 Å². The number of hydrogen-bond donors (Lipinski definition) is 1. The number of ether oxygens (including phenoxy) is 1. The highest BCUT2D eigenvalue weighted by Crippen LogP contribution is 2.31. The van der Waals surface area contributed by atoms with E-state index in [-0.39, 0.29) is 24.6 Å². The van der Waals surface area contributed by atoms with Crippen molar-refractivity contribution in [2.45, 2.75) is 25.3 Å². The molecule has 0 aliphatic heterocycles. The van der Waals surface area contributed by atoms with E-state index < -0.39 is 29.9 Å². The molecule has 0 saturated carbocycles. The summed E-state index contributed by atoms with van der Waals surface area (Å²) in [6.07, 6.45) is -6.76. The summed E-state index contributed by atoms with van der Waals surface area (Å²) in [6, 6.07) is 2.40. The number of alkyl halides is 4. The van der Waals surface area contributed by atoms with Gasteiger partial charge in [-0.2, -0.15) is 13.2 Å². The lowest BCUT2D eigenvalue weighted by atomic mass is 10.0. The van der Waals surface area contributed by atoms with Gasteiger partial charge in [-0.1, -0.05) is 12.1 Å². The van der Waals surface area contributed by atoms with Gasteiger partial charge in [-0.05, 0) is 24.6 Å². The molecule has 0 aromatic heterocycles. The number of nitrogens with two attached hydrogens (primary N) is 1. The smallest absolute Gasteiger partial charge is 0.416 e. The Labute approximate surface area is 119 Å². The Balaban J connectivity index is 0.00000361. The Morgan fingerprint density at radius 3 is 2.50 bits per heavy atom. The first-order valence-corrected chi connectivity index (χ1v) is 5.50. The molecule has 114 valence electrons. The molecule has 2 N–H and O–H groups in total.